The van der Waals surface area contributed by atoms with Gasteiger partial charge >= 0.3 is 0 Å². The van der Waals surface area contributed by atoms with E-state index in [1.807, 2.05) is 0 Å². The first kappa shape index (κ1) is 14.5. The second kappa shape index (κ2) is 4.80. The van der Waals surface area contributed by atoms with Gasteiger partial charge in [0.05, 0.1) is 36.4 Å². The van der Waals surface area contributed by atoms with Gasteiger partial charge in [0.25, 0.3) is 0 Å². The van der Waals surface area contributed by atoms with Crippen molar-refractivity contribution in [2.45, 2.75) is 69.5 Å². The average molecular weight is 282 g/mol. The van der Waals surface area contributed by atoms with Gasteiger partial charge in [-0.05, 0) is 40.0 Å². The minimum absolute atomic E-state index is 0.117. The maximum absolute atomic E-state index is 10.2. The first-order valence-electron chi connectivity index (χ1n) is 7.59. The van der Waals surface area contributed by atoms with Gasteiger partial charge in [-0.15, -0.1) is 0 Å². The Morgan fingerprint density at radius 3 is 2.70 bits per heavy atom. The van der Waals surface area contributed by atoms with Gasteiger partial charge in [0.15, 0.2) is 0 Å². The molecule has 1 saturated carbocycles. The van der Waals surface area contributed by atoms with Crippen LogP contribution in [-0.4, -0.2) is 48.3 Å². The average Bonchev–Trinajstić information content (AvgIpc) is 3.29. The lowest BCUT2D eigenvalue weighted by atomic mass is 9.68. The summed E-state index contributed by atoms with van der Waals surface area (Å²) in [5.74, 6) is 0.124. The van der Waals surface area contributed by atoms with Gasteiger partial charge in [0, 0.05) is 7.11 Å². The summed E-state index contributed by atoms with van der Waals surface area (Å²) in [5.41, 5.74) is 0.964. The lowest BCUT2D eigenvalue weighted by molar-refractivity contribution is -0.116. The van der Waals surface area contributed by atoms with Gasteiger partial charge in [-0.25, -0.2) is 0 Å². The second-order valence-corrected chi connectivity index (χ2v) is 6.94. The third kappa shape index (κ3) is 2.23. The van der Waals surface area contributed by atoms with E-state index < -0.39 is 6.10 Å². The van der Waals surface area contributed by atoms with Gasteiger partial charge in [0.1, 0.15) is 5.60 Å². The lowest BCUT2D eigenvalue weighted by Gasteiger charge is -2.41. The van der Waals surface area contributed by atoms with Crippen LogP contribution in [0.4, 0.5) is 0 Å². The van der Waals surface area contributed by atoms with Crippen molar-refractivity contribution in [1.29, 1.82) is 0 Å². The fraction of sp³-hybridized carbons (Fsp3) is 0.875. The van der Waals surface area contributed by atoms with E-state index in [4.69, 9.17) is 14.2 Å². The smallest absolute Gasteiger partial charge is 0.101 e. The molecule has 0 aromatic heterocycles. The highest BCUT2D eigenvalue weighted by atomic mass is 16.6. The number of aliphatic hydroxyl groups excluding tert-OH is 1. The molecular formula is C16H26O4. The minimum atomic E-state index is -0.412. The summed E-state index contributed by atoms with van der Waals surface area (Å²) in [6.45, 7) is 7.13. The Morgan fingerprint density at radius 2 is 2.15 bits per heavy atom. The summed E-state index contributed by atoms with van der Waals surface area (Å²) in [6.07, 6.45) is 4.43. The van der Waals surface area contributed by atoms with Gasteiger partial charge in [-0.3, -0.25) is 0 Å². The molecule has 0 aromatic carbocycles. The Bertz CT molecular complexity index is 411. The highest BCUT2D eigenvalue weighted by molar-refractivity contribution is 5.20. The van der Waals surface area contributed by atoms with Crippen molar-refractivity contribution < 1.29 is 19.3 Å². The molecule has 1 aliphatic carbocycles. The maximum Gasteiger partial charge on any atom is 0.101 e. The molecule has 3 aliphatic rings. The van der Waals surface area contributed by atoms with Crippen molar-refractivity contribution in [3.8, 4) is 0 Å². The number of hydrogen-bond donors (Lipinski definition) is 1. The van der Waals surface area contributed by atoms with Crippen molar-refractivity contribution in [1.82, 2.24) is 0 Å². The molecule has 2 aliphatic heterocycles. The Labute approximate surface area is 121 Å². The number of rotatable bonds is 4. The highest BCUT2D eigenvalue weighted by Gasteiger charge is 2.71. The Balaban J connectivity index is 1.78. The first-order valence-corrected chi connectivity index (χ1v) is 7.59. The van der Waals surface area contributed by atoms with Crippen LogP contribution in [0.15, 0.2) is 11.6 Å². The molecule has 4 heteroatoms. The minimum Gasteiger partial charge on any atom is -0.390 e. The van der Waals surface area contributed by atoms with E-state index in [0.29, 0.717) is 0 Å². The quantitative estimate of drug-likeness (QED) is 0.633. The van der Waals surface area contributed by atoms with Gasteiger partial charge in [-0.2, -0.15) is 0 Å². The van der Waals surface area contributed by atoms with Crippen LogP contribution >= 0.6 is 0 Å². The molecule has 114 valence electrons. The number of allylic oxidation sites excluding steroid dienone is 1. The number of hydrogen-bond acceptors (Lipinski definition) is 4. The van der Waals surface area contributed by atoms with Gasteiger partial charge < -0.3 is 19.3 Å². The molecule has 0 bridgehead atoms. The van der Waals surface area contributed by atoms with Crippen LogP contribution in [0, 0.1) is 5.92 Å². The fourth-order valence-electron chi connectivity index (χ4n) is 3.96. The summed E-state index contributed by atoms with van der Waals surface area (Å²) in [6, 6.07) is 0. The Kier molecular flexibility index (Phi) is 3.49. The van der Waals surface area contributed by atoms with Crippen LogP contribution in [0.5, 0.6) is 0 Å². The second-order valence-electron chi connectivity index (χ2n) is 6.94. The third-order valence-corrected chi connectivity index (χ3v) is 5.26. The molecule has 0 amide bonds. The number of methoxy groups -OCH3 is 1. The monoisotopic (exact) mass is 282 g/mol. The van der Waals surface area contributed by atoms with Crippen LogP contribution in [0.3, 0.4) is 0 Å². The van der Waals surface area contributed by atoms with Crippen molar-refractivity contribution >= 4 is 0 Å². The van der Waals surface area contributed by atoms with Crippen molar-refractivity contribution in [3.63, 3.8) is 0 Å². The summed E-state index contributed by atoms with van der Waals surface area (Å²) >= 11 is 0. The molecule has 0 unspecified atom stereocenters. The molecule has 3 fully saturated rings. The summed E-state index contributed by atoms with van der Waals surface area (Å²) in [7, 11) is 1.68. The van der Waals surface area contributed by atoms with Gasteiger partial charge in [0.2, 0.25) is 0 Å². The van der Waals surface area contributed by atoms with E-state index in [1.54, 1.807) is 7.11 Å². The largest absolute Gasteiger partial charge is 0.390 e. The zero-order valence-corrected chi connectivity index (χ0v) is 12.9. The predicted octanol–water partition coefficient (Wildman–Crippen LogP) is 2.06. The molecule has 0 radical (unpaired) electrons. The molecule has 4 nitrogen and oxygen atoms in total. The zero-order chi connectivity index (χ0) is 14.5. The van der Waals surface area contributed by atoms with E-state index in [-0.39, 0.29) is 29.3 Å². The normalized spacial score (nSPS) is 50.0. The summed E-state index contributed by atoms with van der Waals surface area (Å²) in [5, 5.41) is 10.2. The van der Waals surface area contributed by atoms with E-state index in [1.165, 1.54) is 5.57 Å². The van der Waals surface area contributed by atoms with Crippen LogP contribution in [0.1, 0.15) is 40.0 Å². The van der Waals surface area contributed by atoms with Crippen LogP contribution in [0.2, 0.25) is 0 Å². The van der Waals surface area contributed by atoms with E-state index in [9.17, 15) is 5.11 Å². The Hall–Kier alpha value is -0.420. The molecule has 2 heterocycles. The molecule has 3 rings (SSSR count). The fourth-order valence-corrected chi connectivity index (χ4v) is 3.96. The van der Waals surface area contributed by atoms with E-state index in [2.05, 4.69) is 26.8 Å². The van der Waals surface area contributed by atoms with Gasteiger partial charge in [-0.1, -0.05) is 11.6 Å². The SMILES string of the molecule is CO[C@@H]1[C@H](O)CC[C@@]2(CO2)[C@@H]1[C@@]1(C)O[C@H]1CC=C(C)C. The summed E-state index contributed by atoms with van der Waals surface area (Å²) < 4.78 is 17.4. The number of ether oxygens (including phenoxy) is 3. The van der Waals surface area contributed by atoms with Crippen molar-refractivity contribution in [2.24, 2.45) is 5.92 Å². The molecule has 20 heavy (non-hydrogen) atoms. The first-order chi connectivity index (χ1) is 9.43. The maximum atomic E-state index is 10.2. The molecule has 1 spiro atoms. The van der Waals surface area contributed by atoms with E-state index >= 15 is 0 Å². The molecule has 6 atom stereocenters. The van der Waals surface area contributed by atoms with Crippen LogP contribution in [-0.2, 0) is 14.2 Å². The van der Waals surface area contributed by atoms with Crippen LogP contribution in [0.25, 0.3) is 0 Å². The predicted molar refractivity (Wildman–Crippen MR) is 75.5 cm³/mol. The third-order valence-electron chi connectivity index (χ3n) is 5.26. The summed E-state index contributed by atoms with van der Waals surface area (Å²) in [4.78, 5) is 0. The molecule has 2 saturated heterocycles. The van der Waals surface area contributed by atoms with Crippen molar-refractivity contribution in [3.05, 3.63) is 11.6 Å². The molecule has 0 aromatic rings. The topological polar surface area (TPSA) is 54.5 Å². The number of aliphatic hydroxyl groups is 1. The Morgan fingerprint density at radius 1 is 1.45 bits per heavy atom. The number of epoxide rings is 2. The van der Waals surface area contributed by atoms with Crippen molar-refractivity contribution in [2.75, 3.05) is 13.7 Å². The highest BCUT2D eigenvalue weighted by Crippen LogP contribution is 2.59. The van der Waals surface area contributed by atoms with E-state index in [0.717, 1.165) is 25.9 Å². The lowest BCUT2D eigenvalue weighted by Crippen LogP contribution is -2.54. The standard InChI is InChI=1S/C16H26O4/c1-10(2)5-6-12-15(3,20-12)14-13(18-4)11(17)7-8-16(14)9-19-16/h5,11-14,17H,6-9H2,1-4H3/t11-,12+,13-,14+,15+,16-/m1/s1. The zero-order valence-electron chi connectivity index (χ0n) is 12.9. The molecular weight excluding hydrogens is 256 g/mol. The molecule has 1 N–H and O–H groups in total. The van der Waals surface area contributed by atoms with Crippen LogP contribution < -0.4 is 0 Å².